The SMILES string of the molecule is NCCc1cccn(Cc2ccccc2)c1=O. The standard InChI is InChI=1S/C14H16N2O/c15-9-8-13-7-4-10-16(14(13)17)11-12-5-2-1-3-6-12/h1-7,10H,8-9,11,15H2. The maximum atomic E-state index is 12.1. The van der Waals surface area contributed by atoms with Crippen LogP contribution in [-0.2, 0) is 13.0 Å². The Morgan fingerprint density at radius 2 is 1.82 bits per heavy atom. The first-order chi connectivity index (χ1) is 8.31. The Balaban J connectivity index is 2.28. The van der Waals surface area contributed by atoms with Gasteiger partial charge < -0.3 is 10.3 Å². The van der Waals surface area contributed by atoms with Crippen LogP contribution < -0.4 is 11.3 Å². The maximum absolute atomic E-state index is 12.1. The number of aromatic nitrogens is 1. The summed E-state index contributed by atoms with van der Waals surface area (Å²) in [5, 5.41) is 0. The van der Waals surface area contributed by atoms with E-state index in [9.17, 15) is 4.79 Å². The zero-order valence-corrected chi connectivity index (χ0v) is 9.67. The van der Waals surface area contributed by atoms with Crippen molar-refractivity contribution in [2.24, 2.45) is 5.73 Å². The molecule has 0 atom stereocenters. The molecule has 3 heteroatoms. The molecular formula is C14H16N2O. The van der Waals surface area contributed by atoms with Crippen molar-refractivity contribution in [2.45, 2.75) is 13.0 Å². The van der Waals surface area contributed by atoms with E-state index in [2.05, 4.69) is 0 Å². The lowest BCUT2D eigenvalue weighted by atomic mass is 10.2. The highest BCUT2D eigenvalue weighted by molar-refractivity contribution is 5.17. The molecule has 0 unspecified atom stereocenters. The van der Waals surface area contributed by atoms with Gasteiger partial charge in [-0.25, -0.2) is 0 Å². The van der Waals surface area contributed by atoms with Crippen LogP contribution in [0.15, 0.2) is 53.5 Å². The summed E-state index contributed by atoms with van der Waals surface area (Å²) in [7, 11) is 0. The molecule has 1 heterocycles. The van der Waals surface area contributed by atoms with E-state index in [0.29, 0.717) is 19.5 Å². The minimum absolute atomic E-state index is 0.0572. The first-order valence-corrected chi connectivity index (χ1v) is 5.73. The van der Waals surface area contributed by atoms with Crippen molar-refractivity contribution in [1.82, 2.24) is 4.57 Å². The van der Waals surface area contributed by atoms with E-state index in [1.807, 2.05) is 48.7 Å². The van der Waals surface area contributed by atoms with Crippen molar-refractivity contribution in [3.05, 3.63) is 70.1 Å². The summed E-state index contributed by atoms with van der Waals surface area (Å²) < 4.78 is 1.72. The van der Waals surface area contributed by atoms with E-state index >= 15 is 0 Å². The molecule has 0 amide bonds. The van der Waals surface area contributed by atoms with Crippen LogP contribution in [-0.4, -0.2) is 11.1 Å². The average molecular weight is 228 g/mol. The van der Waals surface area contributed by atoms with Crippen LogP contribution in [0.2, 0.25) is 0 Å². The van der Waals surface area contributed by atoms with Gasteiger partial charge >= 0.3 is 0 Å². The van der Waals surface area contributed by atoms with Gasteiger partial charge in [-0.15, -0.1) is 0 Å². The molecule has 2 rings (SSSR count). The van der Waals surface area contributed by atoms with Crippen LogP contribution in [0.5, 0.6) is 0 Å². The van der Waals surface area contributed by atoms with Crippen molar-refractivity contribution in [2.75, 3.05) is 6.54 Å². The monoisotopic (exact) mass is 228 g/mol. The van der Waals surface area contributed by atoms with Crippen molar-refractivity contribution in [3.8, 4) is 0 Å². The molecule has 0 aliphatic rings. The fourth-order valence-corrected chi connectivity index (χ4v) is 1.84. The molecule has 0 aliphatic carbocycles. The lowest BCUT2D eigenvalue weighted by molar-refractivity contribution is 0.741. The lowest BCUT2D eigenvalue weighted by Gasteiger charge is -2.07. The van der Waals surface area contributed by atoms with E-state index in [-0.39, 0.29) is 5.56 Å². The summed E-state index contributed by atoms with van der Waals surface area (Å²) in [4.78, 5) is 12.1. The van der Waals surface area contributed by atoms with Crippen LogP contribution in [0.4, 0.5) is 0 Å². The maximum Gasteiger partial charge on any atom is 0.254 e. The Bertz CT molecular complexity index is 531. The van der Waals surface area contributed by atoms with Gasteiger partial charge in [-0.2, -0.15) is 0 Å². The zero-order valence-electron chi connectivity index (χ0n) is 9.67. The molecule has 0 bridgehead atoms. The van der Waals surface area contributed by atoms with Crippen LogP contribution in [0.3, 0.4) is 0 Å². The largest absolute Gasteiger partial charge is 0.330 e. The summed E-state index contributed by atoms with van der Waals surface area (Å²) in [5.74, 6) is 0. The topological polar surface area (TPSA) is 48.0 Å². The van der Waals surface area contributed by atoms with E-state index in [4.69, 9.17) is 5.73 Å². The van der Waals surface area contributed by atoms with E-state index in [0.717, 1.165) is 11.1 Å². The molecule has 0 fully saturated rings. The van der Waals surface area contributed by atoms with Gasteiger partial charge in [0.15, 0.2) is 0 Å². The number of nitrogens with zero attached hydrogens (tertiary/aromatic N) is 1. The molecule has 1 aromatic carbocycles. The van der Waals surface area contributed by atoms with Gasteiger partial charge in [0.25, 0.3) is 5.56 Å². The molecule has 88 valence electrons. The Morgan fingerprint density at radius 1 is 1.06 bits per heavy atom. The van der Waals surface area contributed by atoms with Crippen LogP contribution in [0, 0.1) is 0 Å². The Morgan fingerprint density at radius 3 is 2.53 bits per heavy atom. The molecule has 0 spiro atoms. The molecule has 2 aromatic rings. The van der Waals surface area contributed by atoms with Gasteiger partial charge in [0.05, 0.1) is 6.54 Å². The number of hydrogen-bond donors (Lipinski definition) is 1. The average Bonchev–Trinajstić information content (AvgIpc) is 2.36. The minimum atomic E-state index is 0.0572. The highest BCUT2D eigenvalue weighted by atomic mass is 16.1. The molecule has 2 N–H and O–H groups in total. The van der Waals surface area contributed by atoms with Gasteiger partial charge in [0.2, 0.25) is 0 Å². The van der Waals surface area contributed by atoms with Gasteiger partial charge in [-0.3, -0.25) is 4.79 Å². The Hall–Kier alpha value is -1.87. The lowest BCUT2D eigenvalue weighted by Crippen LogP contribution is -2.24. The molecule has 0 saturated carbocycles. The second-order valence-electron chi connectivity index (χ2n) is 3.99. The third-order valence-electron chi connectivity index (χ3n) is 2.71. The third kappa shape index (κ3) is 2.82. The zero-order chi connectivity index (χ0) is 12.1. The van der Waals surface area contributed by atoms with Crippen molar-refractivity contribution in [1.29, 1.82) is 0 Å². The second-order valence-corrected chi connectivity index (χ2v) is 3.99. The summed E-state index contributed by atoms with van der Waals surface area (Å²) >= 11 is 0. The first kappa shape index (κ1) is 11.6. The molecule has 3 nitrogen and oxygen atoms in total. The van der Waals surface area contributed by atoms with Crippen molar-refractivity contribution in [3.63, 3.8) is 0 Å². The van der Waals surface area contributed by atoms with E-state index < -0.39 is 0 Å². The Kier molecular flexibility index (Phi) is 3.73. The number of nitrogens with two attached hydrogens (primary N) is 1. The van der Waals surface area contributed by atoms with Gasteiger partial charge in [-0.1, -0.05) is 36.4 Å². The molecule has 0 saturated heterocycles. The molecule has 1 aromatic heterocycles. The number of rotatable bonds is 4. The van der Waals surface area contributed by atoms with Crippen LogP contribution >= 0.6 is 0 Å². The fourth-order valence-electron chi connectivity index (χ4n) is 1.84. The van der Waals surface area contributed by atoms with Gasteiger partial charge in [0.1, 0.15) is 0 Å². The number of pyridine rings is 1. The first-order valence-electron chi connectivity index (χ1n) is 5.73. The summed E-state index contributed by atoms with van der Waals surface area (Å²) in [6, 6.07) is 13.7. The second kappa shape index (κ2) is 5.46. The molecule has 0 radical (unpaired) electrons. The van der Waals surface area contributed by atoms with Gasteiger partial charge in [0, 0.05) is 11.8 Å². The highest BCUT2D eigenvalue weighted by Gasteiger charge is 2.02. The highest BCUT2D eigenvalue weighted by Crippen LogP contribution is 2.01. The summed E-state index contributed by atoms with van der Waals surface area (Å²) in [6.07, 6.45) is 2.45. The van der Waals surface area contributed by atoms with Crippen molar-refractivity contribution < 1.29 is 0 Å². The molecule has 17 heavy (non-hydrogen) atoms. The van der Waals surface area contributed by atoms with Crippen LogP contribution in [0.1, 0.15) is 11.1 Å². The van der Waals surface area contributed by atoms with Crippen LogP contribution in [0.25, 0.3) is 0 Å². The summed E-state index contributed by atoms with van der Waals surface area (Å²) in [5.41, 5.74) is 7.45. The minimum Gasteiger partial charge on any atom is -0.330 e. The Labute approximate surface area is 101 Å². The van der Waals surface area contributed by atoms with Gasteiger partial charge in [-0.05, 0) is 24.6 Å². The predicted molar refractivity (Wildman–Crippen MR) is 69.0 cm³/mol. The number of hydrogen-bond acceptors (Lipinski definition) is 2. The predicted octanol–water partition coefficient (Wildman–Crippen LogP) is 1.40. The fraction of sp³-hybridized carbons (Fsp3) is 0.214. The number of benzene rings is 1. The van der Waals surface area contributed by atoms with E-state index in [1.165, 1.54) is 0 Å². The third-order valence-corrected chi connectivity index (χ3v) is 2.71. The summed E-state index contributed by atoms with van der Waals surface area (Å²) in [6.45, 7) is 1.11. The van der Waals surface area contributed by atoms with E-state index in [1.54, 1.807) is 4.57 Å². The molecule has 0 aliphatic heterocycles. The quantitative estimate of drug-likeness (QED) is 0.859. The molecular weight excluding hydrogens is 212 g/mol. The smallest absolute Gasteiger partial charge is 0.254 e. The van der Waals surface area contributed by atoms with Crippen molar-refractivity contribution >= 4 is 0 Å². The normalized spacial score (nSPS) is 10.4.